The number of nitrogens with zero attached hydrogens (tertiary/aromatic N) is 1. The first-order chi connectivity index (χ1) is 8.52. The summed E-state index contributed by atoms with van der Waals surface area (Å²) >= 11 is 0. The Balaban J connectivity index is 3.16. The largest absolute Gasteiger partial charge is 0.412 e. The zero-order valence-electron chi connectivity index (χ0n) is 11.5. The standard InChI is InChI=1S/C12H19F3NOPSi/c1-18(16-19(2,3)4,17-10-12(13,14)15)11-8-6-5-7-9-11/h5-9H,10H2,1-4H3. The minimum atomic E-state index is -4.33. The van der Waals surface area contributed by atoms with Crippen molar-refractivity contribution in [2.75, 3.05) is 13.3 Å². The fourth-order valence-electron chi connectivity index (χ4n) is 1.64. The summed E-state index contributed by atoms with van der Waals surface area (Å²) in [5.74, 6) is 0. The molecule has 7 heteroatoms. The van der Waals surface area contributed by atoms with Crippen molar-refractivity contribution < 1.29 is 17.7 Å². The number of hydrogen-bond acceptors (Lipinski definition) is 2. The minimum absolute atomic E-state index is 0.752. The van der Waals surface area contributed by atoms with Crippen LogP contribution in [0, 0.1) is 0 Å². The van der Waals surface area contributed by atoms with Crippen LogP contribution >= 0.6 is 7.28 Å². The maximum Gasteiger partial charge on any atom is 0.412 e. The van der Waals surface area contributed by atoms with Gasteiger partial charge in [0, 0.05) is 5.30 Å². The molecule has 0 saturated carbocycles. The van der Waals surface area contributed by atoms with Crippen LogP contribution in [0.5, 0.6) is 0 Å². The molecule has 0 saturated heterocycles. The quantitative estimate of drug-likeness (QED) is 0.594. The maximum absolute atomic E-state index is 12.4. The van der Waals surface area contributed by atoms with Gasteiger partial charge in [0.2, 0.25) is 0 Å². The van der Waals surface area contributed by atoms with Gasteiger partial charge in [-0.25, -0.2) is 0 Å². The molecule has 0 N–H and O–H groups in total. The van der Waals surface area contributed by atoms with E-state index in [9.17, 15) is 13.2 Å². The lowest BCUT2D eigenvalue weighted by molar-refractivity contribution is -0.152. The van der Waals surface area contributed by atoms with Crippen molar-refractivity contribution in [3.05, 3.63) is 30.3 Å². The smallest absolute Gasteiger partial charge is 0.332 e. The van der Waals surface area contributed by atoms with Crippen molar-refractivity contribution >= 4 is 20.8 Å². The molecule has 0 aliphatic carbocycles. The lowest BCUT2D eigenvalue weighted by atomic mass is 10.4. The van der Waals surface area contributed by atoms with E-state index in [1.165, 1.54) is 0 Å². The highest BCUT2D eigenvalue weighted by Crippen LogP contribution is 2.48. The summed E-state index contributed by atoms with van der Waals surface area (Å²) in [4.78, 5) is 0. The average molecular weight is 309 g/mol. The lowest BCUT2D eigenvalue weighted by Gasteiger charge is -2.26. The molecule has 0 bridgehead atoms. The molecule has 2 nitrogen and oxygen atoms in total. The molecule has 0 radical (unpaired) electrons. The third-order valence-corrected chi connectivity index (χ3v) is 8.02. The Morgan fingerprint density at radius 2 is 1.68 bits per heavy atom. The highest BCUT2D eigenvalue weighted by molar-refractivity contribution is 7.69. The summed E-state index contributed by atoms with van der Waals surface area (Å²) in [6, 6.07) is 8.99. The van der Waals surface area contributed by atoms with Crippen LogP contribution < -0.4 is 5.30 Å². The average Bonchev–Trinajstić information content (AvgIpc) is 2.25. The van der Waals surface area contributed by atoms with Crippen molar-refractivity contribution in [2.24, 2.45) is 4.41 Å². The van der Waals surface area contributed by atoms with E-state index in [1.54, 1.807) is 30.9 Å². The molecular formula is C12H19F3NOPSi. The van der Waals surface area contributed by atoms with Gasteiger partial charge in [0.1, 0.15) is 13.9 Å². The highest BCUT2D eigenvalue weighted by Gasteiger charge is 2.32. The number of alkyl halides is 3. The Morgan fingerprint density at radius 1 is 1.16 bits per heavy atom. The molecule has 108 valence electrons. The van der Waals surface area contributed by atoms with E-state index in [4.69, 9.17) is 4.52 Å². The van der Waals surface area contributed by atoms with Crippen LogP contribution in [0.25, 0.3) is 0 Å². The molecular weight excluding hydrogens is 290 g/mol. The number of benzene rings is 1. The molecule has 0 aliphatic heterocycles. The Bertz CT molecular complexity index is 468. The van der Waals surface area contributed by atoms with Gasteiger partial charge in [-0.1, -0.05) is 30.3 Å². The van der Waals surface area contributed by atoms with Crippen LogP contribution in [-0.2, 0) is 4.52 Å². The van der Waals surface area contributed by atoms with Gasteiger partial charge >= 0.3 is 6.18 Å². The van der Waals surface area contributed by atoms with Crippen LogP contribution in [0.3, 0.4) is 0 Å². The molecule has 0 heterocycles. The Hall–Kier alpha value is -0.583. The van der Waals surface area contributed by atoms with E-state index in [0.717, 1.165) is 5.30 Å². The second kappa shape index (κ2) is 5.81. The van der Waals surface area contributed by atoms with Gasteiger partial charge in [0.05, 0.1) is 0 Å². The fourth-order valence-corrected chi connectivity index (χ4v) is 8.18. The third-order valence-electron chi connectivity index (χ3n) is 2.21. The van der Waals surface area contributed by atoms with Crippen molar-refractivity contribution in [2.45, 2.75) is 25.8 Å². The first kappa shape index (κ1) is 16.5. The summed E-state index contributed by atoms with van der Waals surface area (Å²) in [7, 11) is -4.46. The molecule has 1 aromatic rings. The van der Waals surface area contributed by atoms with Gasteiger partial charge in [0.25, 0.3) is 0 Å². The first-order valence-electron chi connectivity index (χ1n) is 5.90. The maximum atomic E-state index is 12.4. The zero-order chi connectivity index (χ0) is 14.7. The van der Waals surface area contributed by atoms with Crippen LogP contribution in [-0.4, -0.2) is 27.7 Å². The van der Waals surface area contributed by atoms with Gasteiger partial charge in [-0.15, -0.1) is 0 Å². The van der Waals surface area contributed by atoms with Crippen molar-refractivity contribution in [1.82, 2.24) is 0 Å². The van der Waals surface area contributed by atoms with Crippen LogP contribution in [0.15, 0.2) is 34.7 Å². The Kier molecular flexibility index (Phi) is 5.04. The topological polar surface area (TPSA) is 21.6 Å². The Labute approximate surface area is 113 Å². The molecule has 0 aromatic heterocycles. The van der Waals surface area contributed by atoms with Crippen LogP contribution in [0.2, 0.25) is 19.6 Å². The summed E-state index contributed by atoms with van der Waals surface area (Å²) in [6.45, 7) is 6.42. The summed E-state index contributed by atoms with van der Waals surface area (Å²) < 4.78 is 47.0. The monoisotopic (exact) mass is 309 g/mol. The molecule has 1 atom stereocenters. The minimum Gasteiger partial charge on any atom is -0.332 e. The summed E-state index contributed by atoms with van der Waals surface area (Å²) in [6.07, 6.45) is -4.33. The summed E-state index contributed by atoms with van der Waals surface area (Å²) in [5.41, 5.74) is 0. The molecule has 0 aliphatic rings. The van der Waals surface area contributed by atoms with Gasteiger partial charge in [-0.2, -0.15) is 13.2 Å². The fraction of sp³-hybridized carbons (Fsp3) is 0.500. The van der Waals surface area contributed by atoms with E-state index in [2.05, 4.69) is 4.41 Å². The zero-order valence-corrected chi connectivity index (χ0v) is 13.4. The highest BCUT2D eigenvalue weighted by atomic mass is 31.2. The van der Waals surface area contributed by atoms with Crippen LogP contribution in [0.4, 0.5) is 13.2 Å². The lowest BCUT2D eigenvalue weighted by Crippen LogP contribution is -2.22. The molecule has 19 heavy (non-hydrogen) atoms. The second-order valence-electron chi connectivity index (χ2n) is 5.37. The molecule has 1 aromatic carbocycles. The molecule has 0 amide bonds. The van der Waals surface area contributed by atoms with Gasteiger partial charge < -0.3 is 8.93 Å². The SMILES string of the molecule is C[Si](C)(C)N=P(C)(OCC(F)(F)F)c1ccccc1. The molecule has 1 unspecified atom stereocenters. The van der Waals surface area contributed by atoms with E-state index in [0.29, 0.717) is 0 Å². The molecule has 0 fully saturated rings. The summed E-state index contributed by atoms with van der Waals surface area (Å²) in [5, 5.41) is 0.752. The van der Waals surface area contributed by atoms with Crippen molar-refractivity contribution in [3.8, 4) is 0 Å². The number of halogens is 3. The van der Waals surface area contributed by atoms with Crippen molar-refractivity contribution in [3.63, 3.8) is 0 Å². The van der Waals surface area contributed by atoms with E-state index in [-0.39, 0.29) is 0 Å². The van der Waals surface area contributed by atoms with Gasteiger partial charge in [-0.3, -0.25) is 0 Å². The Morgan fingerprint density at radius 3 is 2.11 bits per heavy atom. The molecule has 1 rings (SSSR count). The number of hydrogen-bond donors (Lipinski definition) is 0. The van der Waals surface area contributed by atoms with Crippen LogP contribution in [0.1, 0.15) is 0 Å². The third kappa shape index (κ3) is 5.93. The van der Waals surface area contributed by atoms with Gasteiger partial charge in [0.15, 0.2) is 8.24 Å². The van der Waals surface area contributed by atoms with Crippen molar-refractivity contribution in [1.29, 1.82) is 0 Å². The van der Waals surface area contributed by atoms with Gasteiger partial charge in [-0.05, 0) is 26.3 Å². The second-order valence-corrected chi connectivity index (χ2v) is 13.0. The van der Waals surface area contributed by atoms with E-state index < -0.39 is 28.3 Å². The predicted octanol–water partition coefficient (Wildman–Crippen LogP) is 4.47. The number of rotatable bonds is 4. The van der Waals surface area contributed by atoms with E-state index in [1.807, 2.05) is 25.7 Å². The first-order valence-corrected chi connectivity index (χ1v) is 11.5. The molecule has 0 spiro atoms. The predicted molar refractivity (Wildman–Crippen MR) is 76.7 cm³/mol. The van der Waals surface area contributed by atoms with E-state index >= 15 is 0 Å². The normalized spacial score (nSPS) is 15.9.